The number of furan rings is 1. The third-order valence-corrected chi connectivity index (χ3v) is 14.4. The van der Waals surface area contributed by atoms with Crippen molar-refractivity contribution in [3.05, 3.63) is 200 Å². The van der Waals surface area contributed by atoms with E-state index in [9.17, 15) is 0 Å². The summed E-state index contributed by atoms with van der Waals surface area (Å²) >= 11 is 1.91. The maximum atomic E-state index is 6.95. The Bertz CT molecular complexity index is 3450. The van der Waals surface area contributed by atoms with Gasteiger partial charge in [0, 0.05) is 66.1 Å². The molecule has 5 heterocycles. The minimum atomic E-state index is -0.0553. The number of fused-ring (bicyclic) bond motifs is 12. The van der Waals surface area contributed by atoms with Crippen molar-refractivity contribution in [3.8, 4) is 0 Å². The smallest absolute Gasteiger partial charge is 0.252 e. The Kier molecular flexibility index (Phi) is 6.91. The van der Waals surface area contributed by atoms with E-state index in [0.717, 1.165) is 39.0 Å². The van der Waals surface area contributed by atoms with Gasteiger partial charge in [-0.15, -0.1) is 0 Å². The quantitative estimate of drug-likeness (QED) is 0.166. The zero-order chi connectivity index (χ0) is 39.8. The molecule has 4 aliphatic heterocycles. The Labute approximate surface area is 358 Å². The molecule has 7 heteroatoms. The van der Waals surface area contributed by atoms with E-state index >= 15 is 0 Å². The lowest BCUT2D eigenvalue weighted by Crippen LogP contribution is -2.64. The monoisotopic (exact) mass is 793 g/mol. The molecule has 4 nitrogen and oxygen atoms in total. The van der Waals surface area contributed by atoms with E-state index in [1.165, 1.54) is 76.7 Å². The third kappa shape index (κ3) is 4.59. The van der Waals surface area contributed by atoms with Crippen LogP contribution in [-0.2, 0) is 0 Å². The van der Waals surface area contributed by atoms with Crippen LogP contribution in [0.2, 0.25) is 0 Å². The largest absolute Gasteiger partial charge is 0.454 e. The highest BCUT2D eigenvalue weighted by Crippen LogP contribution is 2.48. The molecule has 0 atom stereocenters. The Morgan fingerprint density at radius 1 is 0.361 bits per heavy atom. The summed E-state index contributed by atoms with van der Waals surface area (Å²) in [4.78, 5) is 10.0. The van der Waals surface area contributed by atoms with E-state index < -0.39 is 0 Å². The first-order valence-electron chi connectivity index (χ1n) is 21.0. The fourth-order valence-electron chi connectivity index (χ4n) is 10.9. The second-order valence-electron chi connectivity index (χ2n) is 16.4. The lowest BCUT2D eigenvalue weighted by atomic mass is 9.31. The van der Waals surface area contributed by atoms with E-state index in [0.29, 0.717) is 0 Å². The van der Waals surface area contributed by atoms with Crippen LogP contribution in [0, 0.1) is 0 Å². The molecule has 14 rings (SSSR count). The molecular formula is C54H33B2N3OS. The highest BCUT2D eigenvalue weighted by molar-refractivity contribution is 8.00. The predicted octanol–water partition coefficient (Wildman–Crippen LogP) is 10.4. The van der Waals surface area contributed by atoms with Gasteiger partial charge in [-0.1, -0.05) is 139 Å². The summed E-state index contributed by atoms with van der Waals surface area (Å²) in [6.07, 6.45) is 0. The summed E-state index contributed by atoms with van der Waals surface area (Å²) in [6, 6.07) is 73.5. The molecule has 0 amide bonds. The van der Waals surface area contributed by atoms with Crippen LogP contribution in [0.15, 0.2) is 214 Å². The molecule has 61 heavy (non-hydrogen) atoms. The van der Waals surface area contributed by atoms with Gasteiger partial charge in [0.15, 0.2) is 5.58 Å². The summed E-state index contributed by atoms with van der Waals surface area (Å²) in [5, 5.41) is 2.26. The molecule has 10 aromatic rings. The van der Waals surface area contributed by atoms with Crippen molar-refractivity contribution in [2.75, 3.05) is 14.7 Å². The molecule has 1 aromatic heterocycles. The number of anilines is 9. The van der Waals surface area contributed by atoms with Gasteiger partial charge in [0.25, 0.3) is 6.71 Å². The number of rotatable bonds is 3. The topological polar surface area (TPSA) is 22.9 Å². The molecule has 0 unspecified atom stereocenters. The highest BCUT2D eigenvalue weighted by atomic mass is 32.2. The molecule has 0 bridgehead atoms. The van der Waals surface area contributed by atoms with Gasteiger partial charge >= 0.3 is 0 Å². The van der Waals surface area contributed by atoms with E-state index in [-0.39, 0.29) is 13.4 Å². The maximum Gasteiger partial charge on any atom is 0.252 e. The minimum Gasteiger partial charge on any atom is -0.454 e. The Hall–Kier alpha value is -7.34. The lowest BCUT2D eigenvalue weighted by molar-refractivity contribution is 0.669. The van der Waals surface area contributed by atoms with Gasteiger partial charge in [-0.3, -0.25) is 0 Å². The SMILES string of the molecule is c1ccc(N2c3ccccc3B3c4cc5c(cc4Sc4cccc2c43)N(c2ccccc2)c2cccc3c2B5c2ccc4c(oc5ccccc54)c2N3c2ccccc2)cc1. The van der Waals surface area contributed by atoms with Gasteiger partial charge in [-0.2, -0.15) is 0 Å². The molecule has 0 saturated heterocycles. The number of benzene rings is 9. The Balaban J connectivity index is 1.08. The molecular weight excluding hydrogens is 760 g/mol. The van der Waals surface area contributed by atoms with Gasteiger partial charge in [0.1, 0.15) is 5.58 Å². The van der Waals surface area contributed by atoms with E-state index in [2.05, 4.69) is 215 Å². The van der Waals surface area contributed by atoms with Crippen LogP contribution < -0.4 is 47.5 Å². The summed E-state index contributed by atoms with van der Waals surface area (Å²) < 4.78 is 6.95. The first-order valence-corrected chi connectivity index (χ1v) is 21.8. The Morgan fingerprint density at radius 3 is 1.69 bits per heavy atom. The number of para-hydroxylation sites is 5. The summed E-state index contributed by atoms with van der Waals surface area (Å²) in [5.74, 6) is 0. The van der Waals surface area contributed by atoms with Gasteiger partial charge in [0.05, 0.1) is 5.69 Å². The molecule has 0 aliphatic carbocycles. The van der Waals surface area contributed by atoms with Crippen molar-refractivity contribution < 1.29 is 4.42 Å². The molecule has 0 saturated carbocycles. The number of hydrogen-bond acceptors (Lipinski definition) is 5. The summed E-state index contributed by atoms with van der Waals surface area (Å²) in [6.45, 7) is 0.00721. The third-order valence-electron chi connectivity index (χ3n) is 13.3. The molecule has 282 valence electrons. The normalized spacial score (nSPS) is 14.0. The molecule has 0 spiro atoms. The molecule has 0 radical (unpaired) electrons. The van der Waals surface area contributed by atoms with Crippen LogP contribution in [0.3, 0.4) is 0 Å². The van der Waals surface area contributed by atoms with Crippen LogP contribution in [0.25, 0.3) is 21.9 Å². The van der Waals surface area contributed by atoms with Crippen LogP contribution >= 0.6 is 11.8 Å². The van der Waals surface area contributed by atoms with Gasteiger partial charge < -0.3 is 19.1 Å². The average Bonchev–Trinajstić information content (AvgIpc) is 3.71. The van der Waals surface area contributed by atoms with Gasteiger partial charge in [-0.05, 0) is 106 Å². The van der Waals surface area contributed by atoms with Gasteiger partial charge in [0.2, 0.25) is 6.71 Å². The van der Waals surface area contributed by atoms with Crippen LogP contribution in [0.4, 0.5) is 51.2 Å². The highest BCUT2D eigenvalue weighted by Gasteiger charge is 2.47. The molecule has 0 fully saturated rings. The average molecular weight is 794 g/mol. The van der Waals surface area contributed by atoms with Crippen molar-refractivity contribution in [3.63, 3.8) is 0 Å². The molecule has 9 aromatic carbocycles. The summed E-state index contributed by atoms with van der Waals surface area (Å²) in [7, 11) is 0. The van der Waals surface area contributed by atoms with E-state index in [1.54, 1.807) is 0 Å². The summed E-state index contributed by atoms with van der Waals surface area (Å²) in [5.41, 5.74) is 20.3. The fraction of sp³-hybridized carbons (Fsp3) is 0. The van der Waals surface area contributed by atoms with Crippen molar-refractivity contribution in [1.82, 2.24) is 0 Å². The van der Waals surface area contributed by atoms with Crippen LogP contribution in [-0.4, -0.2) is 13.4 Å². The minimum absolute atomic E-state index is 0.0553. The second kappa shape index (κ2) is 12.6. The lowest BCUT2D eigenvalue weighted by Gasteiger charge is -2.45. The van der Waals surface area contributed by atoms with Crippen molar-refractivity contribution in [2.45, 2.75) is 9.79 Å². The van der Waals surface area contributed by atoms with Crippen molar-refractivity contribution in [1.29, 1.82) is 0 Å². The predicted molar refractivity (Wildman–Crippen MR) is 258 cm³/mol. The van der Waals surface area contributed by atoms with E-state index in [1.807, 2.05) is 11.8 Å². The zero-order valence-corrected chi connectivity index (χ0v) is 33.7. The Morgan fingerprint density at radius 2 is 0.934 bits per heavy atom. The molecule has 0 N–H and O–H groups in total. The van der Waals surface area contributed by atoms with Crippen molar-refractivity contribution >= 4 is 131 Å². The van der Waals surface area contributed by atoms with Gasteiger partial charge in [-0.25, -0.2) is 0 Å². The first-order chi connectivity index (χ1) is 30.3. The first kappa shape index (κ1) is 33.5. The number of hydrogen-bond donors (Lipinski definition) is 0. The van der Waals surface area contributed by atoms with Crippen LogP contribution in [0.5, 0.6) is 0 Å². The second-order valence-corrected chi connectivity index (χ2v) is 17.4. The van der Waals surface area contributed by atoms with Crippen LogP contribution in [0.1, 0.15) is 0 Å². The molecule has 4 aliphatic rings. The van der Waals surface area contributed by atoms with Crippen molar-refractivity contribution in [2.24, 2.45) is 0 Å². The standard InChI is InChI=1S/C54H33B2N3OS/c1-4-16-34(17-5-1)57-43-24-12-11-23-39(43)55-42-32-41-47(33-50(42)61-49-29-15-27-46(57)52(49)55)58(35-18-6-2-7-19-35)44-25-14-26-45-51(44)56(41)40-31-30-38-37-22-10-13-28-48(37)60-54(38)53(40)59(45)36-20-8-3-9-21-36/h1-33H. The number of nitrogens with zero attached hydrogens (tertiary/aromatic N) is 3. The zero-order valence-electron chi connectivity index (χ0n) is 32.9. The fourth-order valence-corrected chi connectivity index (χ4v) is 12.1. The van der Waals surface area contributed by atoms with E-state index in [4.69, 9.17) is 4.42 Å². The maximum absolute atomic E-state index is 6.95.